The minimum atomic E-state index is -1.56. The van der Waals surface area contributed by atoms with Gasteiger partial charge in [-0.2, -0.15) is 0 Å². The van der Waals surface area contributed by atoms with Gasteiger partial charge < -0.3 is 75.9 Å². The molecule has 660 valence electrons. The predicted molar refractivity (Wildman–Crippen MR) is 480 cm³/mol. The molecule has 9 aromatic rings. The minimum Gasteiger partial charge on any atom is -0.462 e. The summed E-state index contributed by atoms with van der Waals surface area (Å²) in [6.07, 6.45) is 18.8. The van der Waals surface area contributed by atoms with Crippen LogP contribution in [0.1, 0.15) is 214 Å². The Morgan fingerprint density at radius 2 is 0.976 bits per heavy atom. The predicted octanol–water partition coefficient (Wildman–Crippen LogP) is 9.53. The second kappa shape index (κ2) is 40.3. The van der Waals surface area contributed by atoms with Crippen molar-refractivity contribution in [1.82, 2.24) is 42.5 Å². The molecule has 4 N–H and O–H groups in total. The SMILES string of the molecule is CCOC(=O)C1=C(C)Cc2c1c(C#CC(C)(C)O)cn(CC1CC1)c2=O.CCOC(=O)C1=C(C)Cc2c1c(C#Cc1ccccc1)cn(C)c2=O.CCOC(=O)C1=CCc2c1c(C#CC(C)(C)O)cn(C)c2=O.CCOC(=O)c1c(C)[nH]c2c(=O)n(C)cc(C#Cc3cncn3C)c12.Cc1cc([C@](C)(O)C#Cc2cn(C)c(=O)c3c2C(C(=O)OCC(C)C)=CC3)no1. The molecule has 1 aromatic carbocycles. The fourth-order valence-corrected chi connectivity index (χ4v) is 14.4. The van der Waals surface area contributed by atoms with Gasteiger partial charge in [-0.25, -0.2) is 29.0 Å². The number of carbonyl (C=O) groups is 5. The fraction of sp³-hybridized carbons (Fsp3) is 0.374. The quantitative estimate of drug-likeness (QED) is 0.0447. The lowest BCUT2D eigenvalue weighted by molar-refractivity contribution is -0.138. The largest absolute Gasteiger partial charge is 0.462 e. The van der Waals surface area contributed by atoms with Crippen molar-refractivity contribution in [2.75, 3.05) is 33.0 Å². The number of nitrogens with one attached hydrogen (secondary N) is 1. The van der Waals surface area contributed by atoms with E-state index in [1.807, 2.05) is 65.1 Å². The van der Waals surface area contributed by atoms with Gasteiger partial charge in [-0.05, 0) is 146 Å². The summed E-state index contributed by atoms with van der Waals surface area (Å²) in [5.41, 5.74) is 9.18. The molecule has 28 heteroatoms. The summed E-state index contributed by atoms with van der Waals surface area (Å²) in [7, 11) is 8.46. The van der Waals surface area contributed by atoms with Crippen LogP contribution in [-0.2, 0) is 116 Å². The van der Waals surface area contributed by atoms with E-state index in [4.69, 9.17) is 28.2 Å². The van der Waals surface area contributed by atoms with E-state index in [9.17, 15) is 63.3 Å². The topological polar surface area (TPSA) is 362 Å². The van der Waals surface area contributed by atoms with E-state index in [0.29, 0.717) is 167 Å². The van der Waals surface area contributed by atoms with Gasteiger partial charge in [0.15, 0.2) is 5.60 Å². The number of hydrogen-bond donors (Lipinski definition) is 4. The molecule has 8 heterocycles. The van der Waals surface area contributed by atoms with E-state index in [0.717, 1.165) is 35.2 Å². The highest BCUT2D eigenvalue weighted by Gasteiger charge is 2.36. The van der Waals surface area contributed by atoms with Gasteiger partial charge in [0.2, 0.25) is 0 Å². The van der Waals surface area contributed by atoms with E-state index < -0.39 is 46.6 Å². The molecule has 8 aromatic heterocycles. The number of esters is 5. The Morgan fingerprint density at radius 1 is 0.528 bits per heavy atom. The molecule has 0 spiro atoms. The van der Waals surface area contributed by atoms with Crippen molar-refractivity contribution < 1.29 is 67.5 Å². The number of hydrogen-bond acceptors (Lipinski definition) is 21. The Kier molecular flexibility index (Phi) is 30.2. The van der Waals surface area contributed by atoms with Crippen molar-refractivity contribution in [2.24, 2.45) is 47.1 Å². The first-order valence-electron chi connectivity index (χ1n) is 41.6. The molecule has 1 fully saturated rings. The Bertz CT molecular complexity index is 6710. The third-order valence-corrected chi connectivity index (χ3v) is 20.6. The highest BCUT2D eigenvalue weighted by molar-refractivity contribution is 6.21. The summed E-state index contributed by atoms with van der Waals surface area (Å²) >= 11 is 0. The maximum absolute atomic E-state index is 12.9. The van der Waals surface area contributed by atoms with Crippen LogP contribution < -0.4 is 27.8 Å². The maximum atomic E-state index is 12.9. The number of ether oxygens (including phenoxy) is 5. The molecule has 0 aliphatic heterocycles. The van der Waals surface area contributed by atoms with E-state index >= 15 is 0 Å². The zero-order valence-corrected chi connectivity index (χ0v) is 75.3. The Morgan fingerprint density at radius 3 is 1.45 bits per heavy atom. The Hall–Kier alpha value is -14.1. The molecule has 127 heavy (non-hydrogen) atoms. The van der Waals surface area contributed by atoms with Crippen molar-refractivity contribution >= 4 is 63.0 Å². The maximum Gasteiger partial charge on any atom is 0.340 e. The molecule has 5 aliphatic carbocycles. The number of pyridine rings is 5. The first-order valence-corrected chi connectivity index (χ1v) is 41.6. The van der Waals surface area contributed by atoms with Crippen LogP contribution >= 0.6 is 0 Å². The molecule has 0 unspecified atom stereocenters. The van der Waals surface area contributed by atoms with Crippen molar-refractivity contribution in [3.8, 4) is 59.2 Å². The number of aliphatic hydroxyl groups is 3. The van der Waals surface area contributed by atoms with Crippen molar-refractivity contribution in [1.29, 1.82) is 0 Å². The van der Waals surface area contributed by atoms with Gasteiger partial charge in [0, 0.05) is 175 Å². The van der Waals surface area contributed by atoms with Crippen molar-refractivity contribution in [2.45, 2.75) is 166 Å². The third-order valence-electron chi connectivity index (χ3n) is 20.6. The molecule has 14 rings (SSSR count). The standard InChI is InChI=1S/C22H24N2O5.C21H25NO4.C21H19NO3.C18H18N4O3.C17H19NO4/c1-13(2)12-28-21(26)17-7-6-16-19(17)15(11-24(5)20(16)25)8-9-22(4,27)18-10-14(3)29-23-18;1-5-26-20(24)17-13(2)10-16-18(17)15(8-9-21(3,4)25)12-22(19(16)23)11-14-6-7-14;1-4-25-21(24)18-14(2)12-17-19(18)16(13-22(3)20(17)23)11-10-15-8-6-5-7-9-15;1-5-25-18(24)14-11(2)20-16-15(14)12(9-21(3)17(16)23)6-7-13-8-19-10-22(13)4;1-5-22-16(20)13-7-6-12-14(13)11(8-9-17(2,3)21)10-18(4)15(12)19/h7,10-11,13,27H,6,12H2,1-5H3;12,14,25H,5-7,10-11H2,1-4H3;5-9,13H,4,12H2,1-3H3;8-10,20H,5H2,1-4H3;7,10,21H,5-6H2,1-4H3/t22-;;;;/m1..../s1. The summed E-state index contributed by atoms with van der Waals surface area (Å²) in [5.74, 6) is 28.5. The summed E-state index contributed by atoms with van der Waals surface area (Å²) in [6.45, 7) is 28.0. The zero-order valence-electron chi connectivity index (χ0n) is 75.3. The van der Waals surface area contributed by atoms with E-state index in [-0.39, 0.29) is 65.8 Å². The Balaban J connectivity index is 0.000000166. The number of aryl methyl sites for hydroxylation is 7. The van der Waals surface area contributed by atoms with Crippen LogP contribution in [0.2, 0.25) is 0 Å². The lowest BCUT2D eigenvalue weighted by Crippen LogP contribution is -2.26. The van der Waals surface area contributed by atoms with E-state index in [1.165, 1.54) is 25.2 Å². The van der Waals surface area contributed by atoms with Gasteiger partial charge in [-0.1, -0.05) is 114 Å². The van der Waals surface area contributed by atoms with Gasteiger partial charge in [0.1, 0.15) is 33.9 Å². The highest BCUT2D eigenvalue weighted by atomic mass is 16.5. The van der Waals surface area contributed by atoms with Crippen LogP contribution in [-0.4, -0.2) is 132 Å². The zero-order chi connectivity index (χ0) is 93.0. The summed E-state index contributed by atoms with van der Waals surface area (Å²) < 4.78 is 40.3. The second-order valence-electron chi connectivity index (χ2n) is 32.8. The lowest BCUT2D eigenvalue weighted by Gasteiger charge is -2.13. The van der Waals surface area contributed by atoms with E-state index in [2.05, 4.69) is 74.3 Å². The summed E-state index contributed by atoms with van der Waals surface area (Å²) in [6, 6.07) is 11.2. The monoisotopic (exact) mass is 1720 g/mol. The second-order valence-corrected chi connectivity index (χ2v) is 32.8. The number of H-pyrrole nitrogens is 1. The van der Waals surface area contributed by atoms with Gasteiger partial charge in [0.25, 0.3) is 27.8 Å². The Labute approximate surface area is 735 Å². The molecule has 5 aliphatic rings. The average molecular weight is 1720 g/mol. The van der Waals surface area contributed by atoms with Crippen LogP contribution in [0.25, 0.3) is 33.2 Å². The number of benzene rings is 1. The fourth-order valence-electron chi connectivity index (χ4n) is 14.4. The normalized spacial score (nSPS) is 13.4. The average Bonchev–Trinajstić information content (AvgIpc) is 1.53. The molecule has 1 saturated carbocycles. The molecule has 1 atom stereocenters. The number of fused-ring (bicyclic) bond motifs is 5. The molecular weight excluding hydrogens is 1620 g/mol. The van der Waals surface area contributed by atoms with Gasteiger partial charge in [-0.15, -0.1) is 0 Å². The lowest BCUT2D eigenvalue weighted by atomic mass is 9.98. The number of allylic oxidation sites excluding steroid dienone is 4. The number of nitrogens with zero attached hydrogens (tertiary/aromatic N) is 8. The van der Waals surface area contributed by atoms with Crippen LogP contribution in [0.5, 0.6) is 0 Å². The molecule has 0 radical (unpaired) electrons. The first kappa shape index (κ1) is 95.2. The number of carbonyl (C=O) groups excluding carboxylic acids is 5. The van der Waals surface area contributed by atoms with E-state index in [1.54, 1.807) is 168 Å². The summed E-state index contributed by atoms with van der Waals surface area (Å²) in [5, 5.41) is 34.7. The number of aromatic amines is 1. The van der Waals surface area contributed by atoms with Crippen LogP contribution in [0.3, 0.4) is 0 Å². The van der Waals surface area contributed by atoms with Crippen LogP contribution in [0, 0.1) is 84.9 Å². The number of rotatable bonds is 14. The highest BCUT2D eigenvalue weighted by Crippen LogP contribution is 2.38. The van der Waals surface area contributed by atoms with Crippen molar-refractivity contribution in [3.05, 3.63) is 261 Å². The molecular formula is C99H105N9O19. The third kappa shape index (κ3) is 22.5. The smallest absolute Gasteiger partial charge is 0.340 e. The molecule has 0 amide bonds. The van der Waals surface area contributed by atoms with Crippen molar-refractivity contribution in [3.63, 3.8) is 0 Å². The minimum absolute atomic E-state index is 0.0562. The van der Waals surface area contributed by atoms with Gasteiger partial charge >= 0.3 is 29.8 Å². The number of imidazole rings is 1. The van der Waals surface area contributed by atoms with Gasteiger partial charge in [0.05, 0.1) is 79.0 Å². The van der Waals surface area contributed by atoms with Gasteiger partial charge in [-0.3, -0.25) is 24.0 Å². The van der Waals surface area contributed by atoms with Crippen LogP contribution in [0.15, 0.2) is 132 Å². The first-order chi connectivity index (χ1) is 60.0. The summed E-state index contributed by atoms with van der Waals surface area (Å²) in [4.78, 5) is 132. The molecule has 0 bridgehead atoms. The molecule has 28 nitrogen and oxygen atoms in total. The molecule has 0 saturated heterocycles. The number of aromatic nitrogens is 9. The van der Waals surface area contributed by atoms with Crippen LogP contribution in [0.4, 0.5) is 0 Å².